The first-order valence-corrected chi connectivity index (χ1v) is 6.78. The minimum Gasteiger partial charge on any atom is -0.399 e. The highest BCUT2D eigenvalue weighted by molar-refractivity contribution is 9.10. The Morgan fingerprint density at radius 1 is 1.15 bits per heavy atom. The van der Waals surface area contributed by atoms with E-state index in [1.165, 1.54) is 12.1 Å². The zero-order valence-electron chi connectivity index (χ0n) is 10.4. The number of anilines is 3. The molecule has 0 amide bonds. The van der Waals surface area contributed by atoms with Gasteiger partial charge >= 0.3 is 0 Å². The van der Waals surface area contributed by atoms with Gasteiger partial charge in [0.25, 0.3) is 0 Å². The third-order valence-electron chi connectivity index (χ3n) is 2.88. The Bertz CT molecular complexity index is 769. The van der Waals surface area contributed by atoms with Crippen LogP contribution in [-0.2, 0) is 0 Å². The van der Waals surface area contributed by atoms with Crippen LogP contribution in [-0.4, -0.2) is 4.98 Å². The number of nitrogens with zero attached hydrogens (tertiary/aromatic N) is 1. The summed E-state index contributed by atoms with van der Waals surface area (Å²) in [5, 5.41) is 4.14. The summed E-state index contributed by atoms with van der Waals surface area (Å²) in [7, 11) is 0. The lowest BCUT2D eigenvalue weighted by Gasteiger charge is -2.10. The molecule has 3 aromatic rings. The topological polar surface area (TPSA) is 50.9 Å². The molecule has 1 heterocycles. The first-order valence-electron chi connectivity index (χ1n) is 5.99. The van der Waals surface area contributed by atoms with Crippen LogP contribution >= 0.6 is 15.9 Å². The molecule has 0 saturated heterocycles. The zero-order chi connectivity index (χ0) is 14.1. The van der Waals surface area contributed by atoms with Crippen molar-refractivity contribution in [2.45, 2.75) is 0 Å². The highest BCUT2D eigenvalue weighted by atomic mass is 79.9. The standard InChI is InChI=1S/C15H11BrFN3/c16-10-4-9-2-1-3-14(15(9)19-8-10)20-13-6-11(17)5-12(18)7-13/h1-8,20H,18H2. The molecule has 0 unspecified atom stereocenters. The maximum atomic E-state index is 13.4. The van der Waals surface area contributed by atoms with Crippen molar-refractivity contribution in [3.8, 4) is 0 Å². The summed E-state index contributed by atoms with van der Waals surface area (Å²) in [4.78, 5) is 4.39. The monoisotopic (exact) mass is 331 g/mol. The van der Waals surface area contributed by atoms with Crippen molar-refractivity contribution in [1.29, 1.82) is 0 Å². The van der Waals surface area contributed by atoms with Gasteiger partial charge in [-0.15, -0.1) is 0 Å². The van der Waals surface area contributed by atoms with E-state index in [0.717, 1.165) is 21.1 Å². The number of rotatable bonds is 2. The molecule has 3 nitrogen and oxygen atoms in total. The highest BCUT2D eigenvalue weighted by Gasteiger charge is 2.05. The summed E-state index contributed by atoms with van der Waals surface area (Å²) < 4.78 is 14.3. The number of pyridine rings is 1. The van der Waals surface area contributed by atoms with E-state index in [-0.39, 0.29) is 5.82 Å². The molecule has 0 aliphatic rings. The van der Waals surface area contributed by atoms with E-state index in [2.05, 4.69) is 26.2 Å². The van der Waals surface area contributed by atoms with Gasteiger partial charge in [0.15, 0.2) is 0 Å². The average Bonchev–Trinajstić information content (AvgIpc) is 2.37. The predicted octanol–water partition coefficient (Wildman–Crippen LogP) is 4.46. The molecule has 0 spiro atoms. The molecule has 0 atom stereocenters. The van der Waals surface area contributed by atoms with Gasteiger partial charge in [0, 0.05) is 27.4 Å². The Balaban J connectivity index is 2.06. The molecule has 100 valence electrons. The van der Waals surface area contributed by atoms with Gasteiger partial charge in [-0.05, 0) is 46.3 Å². The normalized spacial score (nSPS) is 10.7. The molecule has 3 N–H and O–H groups in total. The third-order valence-corrected chi connectivity index (χ3v) is 3.31. The number of nitrogens with two attached hydrogens (primary N) is 1. The summed E-state index contributed by atoms with van der Waals surface area (Å²) in [6.07, 6.45) is 1.73. The molecule has 0 saturated carbocycles. The smallest absolute Gasteiger partial charge is 0.127 e. The second-order valence-corrected chi connectivity index (χ2v) is 5.34. The molecule has 0 radical (unpaired) electrons. The van der Waals surface area contributed by atoms with Crippen LogP contribution in [0.15, 0.2) is 53.1 Å². The summed E-state index contributed by atoms with van der Waals surface area (Å²) in [5.41, 5.74) is 8.24. The van der Waals surface area contributed by atoms with Crippen molar-refractivity contribution in [2.75, 3.05) is 11.1 Å². The number of aromatic nitrogens is 1. The zero-order valence-corrected chi connectivity index (χ0v) is 12.0. The largest absolute Gasteiger partial charge is 0.399 e. The summed E-state index contributed by atoms with van der Waals surface area (Å²) >= 11 is 3.39. The van der Waals surface area contributed by atoms with Gasteiger partial charge in [-0.3, -0.25) is 4.98 Å². The lowest BCUT2D eigenvalue weighted by Crippen LogP contribution is -1.95. The van der Waals surface area contributed by atoms with E-state index in [1.807, 2.05) is 24.3 Å². The van der Waals surface area contributed by atoms with Gasteiger partial charge in [-0.25, -0.2) is 4.39 Å². The Kier molecular flexibility index (Phi) is 3.28. The molecule has 0 bridgehead atoms. The Morgan fingerprint density at radius 3 is 2.80 bits per heavy atom. The van der Waals surface area contributed by atoms with Crippen molar-refractivity contribution < 1.29 is 4.39 Å². The van der Waals surface area contributed by atoms with Gasteiger partial charge in [0.1, 0.15) is 5.82 Å². The maximum absolute atomic E-state index is 13.4. The fourth-order valence-corrected chi connectivity index (χ4v) is 2.42. The first-order chi connectivity index (χ1) is 9.61. The van der Waals surface area contributed by atoms with Crippen LogP contribution in [0.25, 0.3) is 10.9 Å². The molecule has 3 rings (SSSR count). The van der Waals surface area contributed by atoms with E-state index in [4.69, 9.17) is 5.73 Å². The van der Waals surface area contributed by atoms with Gasteiger partial charge in [-0.2, -0.15) is 0 Å². The highest BCUT2D eigenvalue weighted by Crippen LogP contribution is 2.27. The van der Waals surface area contributed by atoms with Crippen LogP contribution in [0.3, 0.4) is 0 Å². The van der Waals surface area contributed by atoms with E-state index in [1.54, 1.807) is 12.3 Å². The van der Waals surface area contributed by atoms with Gasteiger partial charge in [0.05, 0.1) is 11.2 Å². The van der Waals surface area contributed by atoms with Crippen molar-refractivity contribution >= 4 is 43.9 Å². The number of fused-ring (bicyclic) bond motifs is 1. The van der Waals surface area contributed by atoms with Crippen LogP contribution in [0.2, 0.25) is 0 Å². The fourth-order valence-electron chi connectivity index (χ4n) is 2.07. The van der Waals surface area contributed by atoms with Crippen LogP contribution in [0, 0.1) is 5.82 Å². The minimum atomic E-state index is -0.372. The van der Waals surface area contributed by atoms with Crippen LogP contribution in [0.5, 0.6) is 0 Å². The summed E-state index contributed by atoms with van der Waals surface area (Å²) in [5.74, 6) is -0.372. The van der Waals surface area contributed by atoms with Gasteiger partial charge in [0.2, 0.25) is 0 Å². The molecule has 0 aliphatic heterocycles. The predicted molar refractivity (Wildman–Crippen MR) is 83.5 cm³/mol. The van der Waals surface area contributed by atoms with Crippen molar-refractivity contribution in [3.05, 3.63) is 59.0 Å². The first kappa shape index (κ1) is 12.9. The van der Waals surface area contributed by atoms with E-state index in [0.29, 0.717) is 11.4 Å². The number of para-hydroxylation sites is 1. The van der Waals surface area contributed by atoms with E-state index in [9.17, 15) is 4.39 Å². The van der Waals surface area contributed by atoms with E-state index >= 15 is 0 Å². The lowest BCUT2D eigenvalue weighted by atomic mass is 10.2. The van der Waals surface area contributed by atoms with Crippen molar-refractivity contribution in [1.82, 2.24) is 4.98 Å². The van der Waals surface area contributed by atoms with Crippen LogP contribution in [0.1, 0.15) is 0 Å². The number of halogens is 2. The molecule has 20 heavy (non-hydrogen) atoms. The number of hydrogen-bond acceptors (Lipinski definition) is 3. The summed E-state index contributed by atoms with van der Waals surface area (Å²) in [6.45, 7) is 0. The third kappa shape index (κ3) is 2.58. The number of hydrogen-bond donors (Lipinski definition) is 2. The molecular weight excluding hydrogens is 321 g/mol. The Hall–Kier alpha value is -2.14. The van der Waals surface area contributed by atoms with Crippen LogP contribution in [0.4, 0.5) is 21.5 Å². The lowest BCUT2D eigenvalue weighted by molar-refractivity contribution is 0.629. The summed E-state index contributed by atoms with van der Waals surface area (Å²) in [6, 6.07) is 12.1. The second kappa shape index (κ2) is 5.09. The average molecular weight is 332 g/mol. The molecular formula is C15H11BrFN3. The molecule has 1 aromatic heterocycles. The molecule has 0 aliphatic carbocycles. The van der Waals surface area contributed by atoms with Gasteiger partial charge in [-0.1, -0.05) is 12.1 Å². The molecule has 0 fully saturated rings. The minimum absolute atomic E-state index is 0.372. The molecule has 2 aromatic carbocycles. The second-order valence-electron chi connectivity index (χ2n) is 4.43. The number of benzene rings is 2. The van der Waals surface area contributed by atoms with Crippen molar-refractivity contribution in [3.63, 3.8) is 0 Å². The Morgan fingerprint density at radius 2 is 2.00 bits per heavy atom. The maximum Gasteiger partial charge on any atom is 0.127 e. The van der Waals surface area contributed by atoms with Crippen molar-refractivity contribution in [2.24, 2.45) is 0 Å². The van der Waals surface area contributed by atoms with Gasteiger partial charge < -0.3 is 11.1 Å². The number of nitrogens with one attached hydrogen (secondary N) is 1. The Labute approximate surface area is 123 Å². The molecule has 5 heteroatoms. The van der Waals surface area contributed by atoms with E-state index < -0.39 is 0 Å². The SMILES string of the molecule is Nc1cc(F)cc(Nc2cccc3cc(Br)cnc23)c1. The number of nitrogen functional groups attached to an aromatic ring is 1. The van der Waals surface area contributed by atoms with Crippen LogP contribution < -0.4 is 11.1 Å². The quantitative estimate of drug-likeness (QED) is 0.681. The fraction of sp³-hybridized carbons (Fsp3) is 0.